The van der Waals surface area contributed by atoms with E-state index in [0.29, 0.717) is 12.1 Å². The molecule has 0 unspecified atom stereocenters. The molecule has 2 rings (SSSR count). The SMILES string of the molecule is N#CCCNC(=O)Cn1ccc2cccc(C=O)c21. The topological polar surface area (TPSA) is 74.9 Å². The minimum Gasteiger partial charge on any atom is -0.354 e. The van der Waals surface area contributed by atoms with Crippen molar-refractivity contribution in [1.29, 1.82) is 5.26 Å². The van der Waals surface area contributed by atoms with Crippen LogP contribution in [0, 0.1) is 11.3 Å². The smallest absolute Gasteiger partial charge is 0.239 e. The lowest BCUT2D eigenvalue weighted by Crippen LogP contribution is -2.28. The van der Waals surface area contributed by atoms with Crippen molar-refractivity contribution >= 4 is 23.1 Å². The number of hydrogen-bond donors (Lipinski definition) is 1. The van der Waals surface area contributed by atoms with Gasteiger partial charge in [-0.05, 0) is 12.1 Å². The molecule has 1 N–H and O–H groups in total. The van der Waals surface area contributed by atoms with Gasteiger partial charge in [0.1, 0.15) is 6.54 Å². The minimum atomic E-state index is -0.173. The summed E-state index contributed by atoms with van der Waals surface area (Å²) >= 11 is 0. The predicted molar refractivity (Wildman–Crippen MR) is 70.6 cm³/mol. The zero-order chi connectivity index (χ0) is 13.7. The number of nitriles is 1. The Morgan fingerprint density at radius 2 is 2.26 bits per heavy atom. The summed E-state index contributed by atoms with van der Waals surface area (Å²) in [6.07, 6.45) is 2.85. The predicted octanol–water partition coefficient (Wildman–Crippen LogP) is 1.48. The van der Waals surface area contributed by atoms with Gasteiger partial charge in [-0.1, -0.05) is 12.1 Å². The summed E-state index contributed by atoms with van der Waals surface area (Å²) in [7, 11) is 0. The zero-order valence-corrected chi connectivity index (χ0v) is 10.3. The van der Waals surface area contributed by atoms with Gasteiger partial charge in [0.2, 0.25) is 5.91 Å². The number of para-hydroxylation sites is 1. The van der Waals surface area contributed by atoms with Crippen molar-refractivity contribution < 1.29 is 9.59 Å². The summed E-state index contributed by atoms with van der Waals surface area (Å²) in [5, 5.41) is 12.0. The fraction of sp³-hybridized carbons (Fsp3) is 0.214. The molecule has 0 bridgehead atoms. The van der Waals surface area contributed by atoms with Gasteiger partial charge in [0.05, 0.1) is 18.0 Å². The van der Waals surface area contributed by atoms with Crippen LogP contribution < -0.4 is 5.32 Å². The number of amides is 1. The Bertz CT molecular complexity index is 652. The van der Waals surface area contributed by atoms with Gasteiger partial charge in [0, 0.05) is 23.7 Å². The van der Waals surface area contributed by atoms with E-state index in [0.717, 1.165) is 17.2 Å². The maximum atomic E-state index is 11.7. The first-order valence-corrected chi connectivity index (χ1v) is 5.93. The van der Waals surface area contributed by atoms with Crippen LogP contribution in [0.2, 0.25) is 0 Å². The average Bonchev–Trinajstić information content (AvgIpc) is 2.82. The molecule has 0 radical (unpaired) electrons. The van der Waals surface area contributed by atoms with Gasteiger partial charge in [0.25, 0.3) is 0 Å². The van der Waals surface area contributed by atoms with Gasteiger partial charge in [-0.2, -0.15) is 5.26 Å². The number of hydrogen-bond acceptors (Lipinski definition) is 3. The Hall–Kier alpha value is -2.61. The summed E-state index contributed by atoms with van der Waals surface area (Å²) in [5.41, 5.74) is 1.32. The van der Waals surface area contributed by atoms with Crippen molar-refractivity contribution in [3.8, 4) is 6.07 Å². The Morgan fingerprint density at radius 3 is 3.00 bits per heavy atom. The number of carbonyl (C=O) groups is 2. The normalized spacial score (nSPS) is 10.1. The first-order valence-electron chi connectivity index (χ1n) is 5.93. The highest BCUT2D eigenvalue weighted by Crippen LogP contribution is 2.18. The molecule has 5 heteroatoms. The zero-order valence-electron chi connectivity index (χ0n) is 10.3. The van der Waals surface area contributed by atoms with Crippen LogP contribution in [0.4, 0.5) is 0 Å². The second-order valence-corrected chi connectivity index (χ2v) is 4.10. The number of rotatable bonds is 5. The fourth-order valence-electron chi connectivity index (χ4n) is 1.99. The minimum absolute atomic E-state index is 0.139. The maximum Gasteiger partial charge on any atom is 0.239 e. The molecule has 0 aliphatic carbocycles. The lowest BCUT2D eigenvalue weighted by Gasteiger charge is -2.07. The number of aromatic nitrogens is 1. The summed E-state index contributed by atoms with van der Waals surface area (Å²) in [4.78, 5) is 22.7. The molecule has 1 aromatic heterocycles. The van der Waals surface area contributed by atoms with Crippen molar-refractivity contribution in [1.82, 2.24) is 9.88 Å². The lowest BCUT2D eigenvalue weighted by atomic mass is 10.1. The Balaban J connectivity index is 2.19. The monoisotopic (exact) mass is 255 g/mol. The number of benzene rings is 1. The van der Waals surface area contributed by atoms with Crippen LogP contribution in [0.25, 0.3) is 10.9 Å². The molecule has 0 aliphatic heterocycles. The molecule has 5 nitrogen and oxygen atoms in total. The van der Waals surface area contributed by atoms with Crippen LogP contribution in [0.3, 0.4) is 0 Å². The second-order valence-electron chi connectivity index (χ2n) is 4.10. The first-order chi connectivity index (χ1) is 9.26. The van der Waals surface area contributed by atoms with Gasteiger partial charge in [-0.25, -0.2) is 0 Å². The van der Waals surface area contributed by atoms with Crippen molar-refractivity contribution in [3.63, 3.8) is 0 Å². The summed E-state index contributed by atoms with van der Waals surface area (Å²) in [5.74, 6) is -0.173. The second kappa shape index (κ2) is 5.83. The highest BCUT2D eigenvalue weighted by molar-refractivity contribution is 5.97. The quantitative estimate of drug-likeness (QED) is 0.649. The first kappa shape index (κ1) is 12.8. The van der Waals surface area contributed by atoms with E-state index in [2.05, 4.69) is 5.32 Å². The largest absolute Gasteiger partial charge is 0.354 e. The van der Waals surface area contributed by atoms with Crippen molar-refractivity contribution in [3.05, 3.63) is 36.0 Å². The molecule has 0 saturated heterocycles. The average molecular weight is 255 g/mol. The molecular formula is C14H13N3O2. The summed E-state index contributed by atoms with van der Waals surface area (Å²) in [6.45, 7) is 0.481. The molecule has 0 saturated carbocycles. The highest BCUT2D eigenvalue weighted by Gasteiger charge is 2.08. The number of fused-ring (bicyclic) bond motifs is 1. The van der Waals surface area contributed by atoms with Crippen LogP contribution in [0.15, 0.2) is 30.5 Å². The standard InChI is InChI=1S/C14H13N3O2/c15-6-2-7-16-13(19)9-17-8-5-11-3-1-4-12(10-18)14(11)17/h1,3-5,8,10H,2,7,9H2,(H,16,19). The Kier molecular flexibility index (Phi) is 3.94. The molecule has 1 aromatic carbocycles. The van der Waals surface area contributed by atoms with E-state index in [1.54, 1.807) is 16.8 Å². The van der Waals surface area contributed by atoms with Gasteiger partial charge < -0.3 is 9.88 Å². The van der Waals surface area contributed by atoms with Crippen LogP contribution >= 0.6 is 0 Å². The molecule has 0 aliphatic rings. The van der Waals surface area contributed by atoms with E-state index in [-0.39, 0.29) is 18.9 Å². The van der Waals surface area contributed by atoms with Crippen LogP contribution in [0.5, 0.6) is 0 Å². The van der Waals surface area contributed by atoms with E-state index in [1.807, 2.05) is 24.3 Å². The number of nitrogens with one attached hydrogen (secondary N) is 1. The van der Waals surface area contributed by atoms with Gasteiger partial charge in [0.15, 0.2) is 6.29 Å². The number of carbonyl (C=O) groups excluding carboxylic acids is 2. The molecule has 2 aromatic rings. The van der Waals surface area contributed by atoms with Crippen molar-refractivity contribution in [2.75, 3.05) is 6.54 Å². The molecule has 0 spiro atoms. The van der Waals surface area contributed by atoms with Gasteiger partial charge >= 0.3 is 0 Å². The molecule has 0 fully saturated rings. The third kappa shape index (κ3) is 2.80. The highest BCUT2D eigenvalue weighted by atomic mass is 16.2. The lowest BCUT2D eigenvalue weighted by molar-refractivity contribution is -0.121. The Morgan fingerprint density at radius 1 is 1.42 bits per heavy atom. The maximum absolute atomic E-state index is 11.7. The van der Waals surface area contributed by atoms with Crippen molar-refractivity contribution in [2.45, 2.75) is 13.0 Å². The molecule has 1 heterocycles. The van der Waals surface area contributed by atoms with Crippen LogP contribution in [-0.4, -0.2) is 23.3 Å². The van der Waals surface area contributed by atoms with E-state index in [9.17, 15) is 9.59 Å². The number of nitrogens with zero attached hydrogens (tertiary/aromatic N) is 2. The third-order valence-corrected chi connectivity index (χ3v) is 2.82. The van der Waals surface area contributed by atoms with E-state index in [1.165, 1.54) is 0 Å². The van der Waals surface area contributed by atoms with E-state index in [4.69, 9.17) is 5.26 Å². The molecule has 1 amide bonds. The van der Waals surface area contributed by atoms with Gasteiger partial charge in [-0.3, -0.25) is 9.59 Å². The molecule has 19 heavy (non-hydrogen) atoms. The van der Waals surface area contributed by atoms with Gasteiger partial charge in [-0.15, -0.1) is 0 Å². The van der Waals surface area contributed by atoms with E-state index < -0.39 is 0 Å². The Labute approximate surface area is 110 Å². The third-order valence-electron chi connectivity index (χ3n) is 2.82. The van der Waals surface area contributed by atoms with Crippen molar-refractivity contribution in [2.24, 2.45) is 0 Å². The van der Waals surface area contributed by atoms with E-state index >= 15 is 0 Å². The fourth-order valence-corrected chi connectivity index (χ4v) is 1.99. The number of aldehydes is 1. The summed E-state index contributed by atoms with van der Waals surface area (Å²) in [6, 6.07) is 9.25. The molecule has 96 valence electrons. The van der Waals surface area contributed by atoms with Crippen LogP contribution in [0.1, 0.15) is 16.8 Å². The molecular weight excluding hydrogens is 242 g/mol. The van der Waals surface area contributed by atoms with Crippen LogP contribution in [-0.2, 0) is 11.3 Å². The summed E-state index contributed by atoms with van der Waals surface area (Å²) < 4.78 is 1.74. The molecule has 0 atom stereocenters.